The van der Waals surface area contributed by atoms with Crippen LogP contribution in [0.4, 0.5) is 5.13 Å². The van der Waals surface area contributed by atoms with Gasteiger partial charge in [-0.1, -0.05) is 13.0 Å². The van der Waals surface area contributed by atoms with Gasteiger partial charge in [-0.15, -0.1) is 10.2 Å². The van der Waals surface area contributed by atoms with E-state index in [2.05, 4.69) is 46.6 Å². The molecule has 0 radical (unpaired) electrons. The van der Waals surface area contributed by atoms with Gasteiger partial charge in [0.05, 0.1) is 0 Å². The summed E-state index contributed by atoms with van der Waals surface area (Å²) in [4.78, 5) is 13.7. The van der Waals surface area contributed by atoms with Gasteiger partial charge in [-0.05, 0) is 12.1 Å². The number of aryl methyl sites for hydroxylation is 1. The average Bonchev–Trinajstić information content (AvgIpc) is 3.39. The number of anilines is 1. The molecule has 0 bridgehead atoms. The number of guanidine groups is 1. The number of aliphatic imine (C=N–C) groups is 1. The van der Waals surface area contributed by atoms with Crippen molar-refractivity contribution in [2.75, 3.05) is 44.7 Å². The van der Waals surface area contributed by atoms with E-state index in [9.17, 15) is 0 Å². The predicted octanol–water partition coefficient (Wildman–Crippen LogP) is 1.08. The van der Waals surface area contributed by atoms with Crippen LogP contribution in [0, 0.1) is 0 Å². The first-order valence-electron chi connectivity index (χ1n) is 9.60. The van der Waals surface area contributed by atoms with Crippen LogP contribution in [0.1, 0.15) is 18.6 Å². The maximum Gasteiger partial charge on any atom is 0.205 e. The normalized spacial score (nSPS) is 15.4. The van der Waals surface area contributed by atoms with Gasteiger partial charge >= 0.3 is 0 Å². The fourth-order valence-electron chi connectivity index (χ4n) is 3.31. The lowest BCUT2D eigenvalue weighted by atomic mass is 10.3. The van der Waals surface area contributed by atoms with E-state index in [0.29, 0.717) is 0 Å². The lowest BCUT2D eigenvalue weighted by Crippen LogP contribution is -2.52. The van der Waals surface area contributed by atoms with E-state index in [1.807, 2.05) is 35.8 Å². The average molecular weight is 400 g/mol. The van der Waals surface area contributed by atoms with E-state index >= 15 is 0 Å². The van der Waals surface area contributed by atoms with Gasteiger partial charge in [0.1, 0.15) is 11.6 Å². The topological polar surface area (TPSA) is 86.8 Å². The molecule has 1 aliphatic heterocycles. The van der Waals surface area contributed by atoms with Gasteiger partial charge in [0.25, 0.3) is 0 Å². The molecule has 4 heterocycles. The molecule has 0 aromatic carbocycles. The Morgan fingerprint density at radius 2 is 2.07 bits per heavy atom. The zero-order valence-corrected chi connectivity index (χ0v) is 17.1. The number of hydrogen-bond donors (Lipinski definition) is 1. The van der Waals surface area contributed by atoms with Crippen molar-refractivity contribution in [1.82, 2.24) is 34.2 Å². The van der Waals surface area contributed by atoms with E-state index in [-0.39, 0.29) is 0 Å². The Morgan fingerprint density at radius 3 is 2.82 bits per heavy atom. The van der Waals surface area contributed by atoms with Crippen molar-refractivity contribution < 1.29 is 0 Å². The lowest BCUT2D eigenvalue weighted by Gasteiger charge is -2.36. The zero-order chi connectivity index (χ0) is 19.3. The summed E-state index contributed by atoms with van der Waals surface area (Å²) >= 11 is 1.49. The molecule has 1 saturated heterocycles. The molecule has 10 heteroatoms. The minimum Gasteiger partial charge on any atom is -0.356 e. The van der Waals surface area contributed by atoms with Crippen molar-refractivity contribution in [3.63, 3.8) is 0 Å². The minimum absolute atomic E-state index is 0.763. The molecular weight excluding hydrogens is 374 g/mol. The van der Waals surface area contributed by atoms with Crippen LogP contribution < -0.4 is 10.2 Å². The van der Waals surface area contributed by atoms with Gasteiger partial charge in [0, 0.05) is 70.3 Å². The highest BCUT2D eigenvalue weighted by Crippen LogP contribution is 2.19. The Bertz CT molecular complexity index is 939. The van der Waals surface area contributed by atoms with Crippen molar-refractivity contribution in [1.29, 1.82) is 0 Å². The van der Waals surface area contributed by atoms with Gasteiger partial charge in [0.15, 0.2) is 11.6 Å². The zero-order valence-electron chi connectivity index (χ0n) is 16.2. The van der Waals surface area contributed by atoms with Crippen molar-refractivity contribution in [3.05, 3.63) is 36.0 Å². The highest BCUT2D eigenvalue weighted by Gasteiger charge is 2.22. The Hall–Kier alpha value is -2.75. The summed E-state index contributed by atoms with van der Waals surface area (Å²) in [7, 11) is 1.83. The maximum atomic E-state index is 4.60. The Morgan fingerprint density at radius 1 is 1.21 bits per heavy atom. The quantitative estimate of drug-likeness (QED) is 0.507. The van der Waals surface area contributed by atoms with E-state index in [1.165, 1.54) is 11.5 Å². The van der Waals surface area contributed by atoms with Crippen LogP contribution in [0.5, 0.6) is 0 Å². The standard InChI is InChI=1S/C18H25N9S/c1-3-14-21-18(28-24-14)26-12-10-25(11-13-26)17(19-2)20-8-7-16-23-22-15-6-4-5-9-27(15)16/h4-6,9H,3,7-8,10-13H2,1-2H3,(H,19,20). The lowest BCUT2D eigenvalue weighted by molar-refractivity contribution is 0.372. The van der Waals surface area contributed by atoms with Crippen LogP contribution in [0.2, 0.25) is 0 Å². The molecule has 28 heavy (non-hydrogen) atoms. The van der Waals surface area contributed by atoms with Gasteiger partial charge in [-0.3, -0.25) is 9.39 Å². The molecule has 0 aliphatic carbocycles. The second-order valence-electron chi connectivity index (χ2n) is 6.59. The SMILES string of the molecule is CCc1nsc(N2CCN(C(=NC)NCCc3nnc4ccccn34)CC2)n1. The third kappa shape index (κ3) is 3.91. The number of hydrogen-bond acceptors (Lipinski definition) is 7. The molecule has 0 amide bonds. The summed E-state index contributed by atoms with van der Waals surface area (Å²) in [5, 5.41) is 13.0. The fraction of sp³-hybridized carbons (Fsp3) is 0.500. The molecule has 0 spiro atoms. The Labute approximate surface area is 168 Å². The van der Waals surface area contributed by atoms with E-state index in [0.717, 1.165) is 74.0 Å². The smallest absolute Gasteiger partial charge is 0.205 e. The van der Waals surface area contributed by atoms with Crippen LogP contribution >= 0.6 is 11.5 Å². The van der Waals surface area contributed by atoms with Gasteiger partial charge in [-0.25, -0.2) is 4.98 Å². The summed E-state index contributed by atoms with van der Waals surface area (Å²) in [5.74, 6) is 2.81. The molecule has 3 aromatic heterocycles. The molecule has 1 fully saturated rings. The number of aromatic nitrogens is 5. The van der Waals surface area contributed by atoms with E-state index < -0.39 is 0 Å². The predicted molar refractivity (Wildman–Crippen MR) is 111 cm³/mol. The van der Waals surface area contributed by atoms with Crippen LogP contribution in [0.25, 0.3) is 5.65 Å². The number of nitrogens with one attached hydrogen (secondary N) is 1. The van der Waals surface area contributed by atoms with Crippen LogP contribution in [-0.4, -0.2) is 74.6 Å². The minimum atomic E-state index is 0.763. The second kappa shape index (κ2) is 8.51. The summed E-state index contributed by atoms with van der Waals surface area (Å²) < 4.78 is 6.42. The van der Waals surface area contributed by atoms with E-state index in [1.54, 1.807) is 0 Å². The molecule has 9 nitrogen and oxygen atoms in total. The molecule has 1 N–H and O–H groups in total. The first-order chi connectivity index (χ1) is 13.8. The van der Waals surface area contributed by atoms with E-state index in [4.69, 9.17) is 0 Å². The van der Waals surface area contributed by atoms with Crippen molar-refractivity contribution in [2.45, 2.75) is 19.8 Å². The fourth-order valence-corrected chi connectivity index (χ4v) is 4.11. The molecule has 3 aromatic rings. The van der Waals surface area contributed by atoms with Crippen LogP contribution in [0.15, 0.2) is 29.4 Å². The molecular formula is C18H25N9S. The first kappa shape index (κ1) is 18.6. The Kier molecular flexibility index (Phi) is 5.65. The maximum absolute atomic E-state index is 4.60. The van der Waals surface area contributed by atoms with Gasteiger partial charge in [-0.2, -0.15) is 4.37 Å². The highest BCUT2D eigenvalue weighted by molar-refractivity contribution is 7.09. The largest absolute Gasteiger partial charge is 0.356 e. The summed E-state index contributed by atoms with van der Waals surface area (Å²) in [5.41, 5.74) is 0.876. The first-order valence-corrected chi connectivity index (χ1v) is 10.4. The Balaban J connectivity index is 1.29. The highest BCUT2D eigenvalue weighted by atomic mass is 32.1. The number of rotatable bonds is 5. The summed E-state index contributed by atoms with van der Waals surface area (Å²) in [6.45, 7) is 6.52. The van der Waals surface area contributed by atoms with Crippen LogP contribution in [0.3, 0.4) is 0 Å². The molecule has 1 aliphatic rings. The van der Waals surface area contributed by atoms with Gasteiger partial charge < -0.3 is 15.1 Å². The third-order valence-corrected chi connectivity index (χ3v) is 5.67. The molecule has 0 unspecified atom stereocenters. The van der Waals surface area contributed by atoms with Crippen molar-refractivity contribution >= 4 is 28.3 Å². The van der Waals surface area contributed by atoms with Crippen molar-refractivity contribution in [2.24, 2.45) is 4.99 Å². The number of nitrogens with zero attached hydrogens (tertiary/aromatic N) is 8. The monoisotopic (exact) mass is 399 g/mol. The summed E-state index contributed by atoms with van der Waals surface area (Å²) in [6, 6.07) is 5.93. The summed E-state index contributed by atoms with van der Waals surface area (Å²) in [6.07, 6.45) is 3.67. The van der Waals surface area contributed by atoms with Crippen molar-refractivity contribution in [3.8, 4) is 0 Å². The van der Waals surface area contributed by atoms with Gasteiger partial charge in [0.2, 0.25) is 5.13 Å². The number of piperazine rings is 1. The molecule has 0 saturated carbocycles. The third-order valence-electron chi connectivity index (χ3n) is 4.85. The number of fused-ring (bicyclic) bond motifs is 1. The molecule has 148 valence electrons. The molecule has 4 rings (SSSR count). The van der Waals surface area contributed by atoms with Crippen LogP contribution in [-0.2, 0) is 12.8 Å². The second-order valence-corrected chi connectivity index (χ2v) is 7.32. The molecule has 0 atom stereocenters. The number of pyridine rings is 1.